The Bertz CT molecular complexity index is 727. The van der Waals surface area contributed by atoms with Crippen molar-refractivity contribution in [3.05, 3.63) is 35.4 Å². The summed E-state index contributed by atoms with van der Waals surface area (Å²) in [4.78, 5) is 54.5. The van der Waals surface area contributed by atoms with E-state index in [0.717, 1.165) is 4.90 Å². The van der Waals surface area contributed by atoms with E-state index in [0.29, 0.717) is 24.2 Å². The second-order valence-electron chi connectivity index (χ2n) is 6.89. The first kappa shape index (κ1) is 21.6. The molecule has 152 valence electrons. The smallest absolute Gasteiger partial charge is 0.307 e. The van der Waals surface area contributed by atoms with Crippen molar-refractivity contribution in [2.24, 2.45) is 0 Å². The highest BCUT2D eigenvalue weighted by Crippen LogP contribution is 2.25. The number of benzene rings is 1. The van der Waals surface area contributed by atoms with Crippen LogP contribution in [-0.2, 0) is 14.3 Å². The molecule has 0 aromatic heterocycles. The number of hydrogen-bond donors (Lipinski definition) is 0. The lowest BCUT2D eigenvalue weighted by molar-refractivity contribution is -0.144. The van der Waals surface area contributed by atoms with Gasteiger partial charge in [-0.2, -0.15) is 0 Å². The summed E-state index contributed by atoms with van der Waals surface area (Å²) in [6.07, 6.45) is 0.0574. The fraction of sp³-hybridized carbons (Fsp3) is 0.500. The largest absolute Gasteiger partial charge is 0.466 e. The first-order valence-corrected chi connectivity index (χ1v) is 9.34. The topological polar surface area (TPSA) is 87.2 Å². The molecule has 0 aliphatic carbocycles. The van der Waals surface area contributed by atoms with Gasteiger partial charge in [0, 0.05) is 19.6 Å². The minimum atomic E-state index is -0.961. The summed E-state index contributed by atoms with van der Waals surface area (Å²) in [7, 11) is 3.75. The van der Waals surface area contributed by atoms with E-state index in [-0.39, 0.29) is 25.5 Å². The van der Waals surface area contributed by atoms with E-state index in [1.807, 2.05) is 19.0 Å². The fourth-order valence-corrected chi connectivity index (χ4v) is 3.05. The number of amides is 3. The van der Waals surface area contributed by atoms with Crippen LogP contribution in [0.1, 0.15) is 41.0 Å². The van der Waals surface area contributed by atoms with Crippen molar-refractivity contribution in [1.82, 2.24) is 14.7 Å². The van der Waals surface area contributed by atoms with Crippen molar-refractivity contribution in [2.45, 2.75) is 26.3 Å². The first-order valence-electron chi connectivity index (χ1n) is 9.34. The summed E-state index contributed by atoms with van der Waals surface area (Å²) in [5.74, 6) is -1.71. The van der Waals surface area contributed by atoms with Crippen LogP contribution < -0.4 is 0 Å². The molecule has 0 fully saturated rings. The van der Waals surface area contributed by atoms with Crippen LogP contribution in [0.15, 0.2) is 24.3 Å². The zero-order valence-corrected chi connectivity index (χ0v) is 16.8. The van der Waals surface area contributed by atoms with Crippen molar-refractivity contribution in [2.75, 3.05) is 40.3 Å². The second-order valence-corrected chi connectivity index (χ2v) is 6.89. The lowest BCUT2D eigenvalue weighted by Gasteiger charge is -2.30. The van der Waals surface area contributed by atoms with E-state index in [1.165, 1.54) is 11.8 Å². The van der Waals surface area contributed by atoms with Crippen LogP contribution in [0.25, 0.3) is 0 Å². The van der Waals surface area contributed by atoms with Crippen molar-refractivity contribution < 1.29 is 23.9 Å². The van der Waals surface area contributed by atoms with Gasteiger partial charge in [0.25, 0.3) is 11.8 Å². The third-order valence-corrected chi connectivity index (χ3v) is 4.59. The molecule has 1 aliphatic rings. The van der Waals surface area contributed by atoms with Crippen molar-refractivity contribution in [3.63, 3.8) is 0 Å². The molecule has 0 spiro atoms. The molecule has 1 aliphatic heterocycles. The highest BCUT2D eigenvalue weighted by Gasteiger charge is 2.41. The van der Waals surface area contributed by atoms with Gasteiger partial charge >= 0.3 is 5.97 Å². The molecule has 1 aromatic rings. The van der Waals surface area contributed by atoms with Crippen LogP contribution in [0.2, 0.25) is 0 Å². The Labute approximate surface area is 165 Å². The molecule has 1 unspecified atom stereocenters. The summed E-state index contributed by atoms with van der Waals surface area (Å²) in [5, 5.41) is 0. The van der Waals surface area contributed by atoms with Crippen LogP contribution >= 0.6 is 0 Å². The predicted molar refractivity (Wildman–Crippen MR) is 103 cm³/mol. The van der Waals surface area contributed by atoms with E-state index >= 15 is 0 Å². The van der Waals surface area contributed by atoms with Gasteiger partial charge < -0.3 is 14.5 Å². The standard InChI is InChI=1S/C20H27N3O5/c1-5-28-17(24)10-11-22(13-12-21(3)4)18(25)14(2)23-19(26)15-8-6-7-9-16(15)20(23)27/h6-9,14H,5,10-13H2,1-4H3. The quantitative estimate of drug-likeness (QED) is 0.463. The first-order chi connectivity index (χ1) is 13.3. The van der Waals surface area contributed by atoms with E-state index in [2.05, 4.69) is 0 Å². The lowest BCUT2D eigenvalue weighted by Crippen LogP contribution is -2.51. The Morgan fingerprint density at radius 1 is 1.04 bits per heavy atom. The number of hydrogen-bond acceptors (Lipinski definition) is 6. The van der Waals surface area contributed by atoms with E-state index in [1.54, 1.807) is 31.2 Å². The van der Waals surface area contributed by atoms with E-state index in [4.69, 9.17) is 4.74 Å². The summed E-state index contributed by atoms with van der Waals surface area (Å²) in [5.41, 5.74) is 0.608. The molecule has 0 saturated heterocycles. The zero-order chi connectivity index (χ0) is 20.8. The third-order valence-electron chi connectivity index (χ3n) is 4.59. The average Bonchev–Trinajstić information content (AvgIpc) is 2.92. The second kappa shape index (κ2) is 9.45. The molecule has 0 saturated carbocycles. The Kier molecular flexibility index (Phi) is 7.28. The van der Waals surface area contributed by atoms with Crippen molar-refractivity contribution in [3.8, 4) is 0 Å². The Balaban J connectivity index is 2.14. The van der Waals surface area contributed by atoms with Gasteiger partial charge in [0.05, 0.1) is 24.2 Å². The molecular formula is C20H27N3O5. The van der Waals surface area contributed by atoms with Gasteiger partial charge in [-0.05, 0) is 40.1 Å². The van der Waals surface area contributed by atoms with Gasteiger partial charge in [0.2, 0.25) is 5.91 Å². The molecule has 0 bridgehead atoms. The number of carbonyl (C=O) groups is 4. The summed E-state index contributed by atoms with van der Waals surface area (Å²) < 4.78 is 4.93. The molecule has 2 rings (SSSR count). The highest BCUT2D eigenvalue weighted by molar-refractivity contribution is 6.22. The highest BCUT2D eigenvalue weighted by atomic mass is 16.5. The maximum atomic E-state index is 13.1. The molecule has 8 nitrogen and oxygen atoms in total. The number of esters is 1. The van der Waals surface area contributed by atoms with Gasteiger partial charge in [-0.25, -0.2) is 0 Å². The van der Waals surface area contributed by atoms with Crippen LogP contribution in [0.4, 0.5) is 0 Å². The summed E-state index contributed by atoms with van der Waals surface area (Å²) in [6.45, 7) is 4.66. The summed E-state index contributed by atoms with van der Waals surface area (Å²) >= 11 is 0. The van der Waals surface area contributed by atoms with E-state index < -0.39 is 23.8 Å². The van der Waals surface area contributed by atoms with Gasteiger partial charge in [0.1, 0.15) is 6.04 Å². The van der Waals surface area contributed by atoms with Gasteiger partial charge in [-0.15, -0.1) is 0 Å². The molecule has 1 aromatic carbocycles. The predicted octanol–water partition coefficient (Wildman–Crippen LogP) is 1.01. The Hall–Kier alpha value is -2.74. The minimum Gasteiger partial charge on any atom is -0.466 e. The van der Waals surface area contributed by atoms with Crippen molar-refractivity contribution in [1.29, 1.82) is 0 Å². The van der Waals surface area contributed by atoms with E-state index in [9.17, 15) is 19.2 Å². The van der Waals surface area contributed by atoms with Crippen LogP contribution in [0, 0.1) is 0 Å². The van der Waals surface area contributed by atoms with Crippen LogP contribution in [0.3, 0.4) is 0 Å². The number of likely N-dealkylation sites (N-methyl/N-ethyl adjacent to an activating group) is 1. The Morgan fingerprint density at radius 3 is 2.11 bits per heavy atom. The molecule has 1 heterocycles. The fourth-order valence-electron chi connectivity index (χ4n) is 3.05. The SMILES string of the molecule is CCOC(=O)CCN(CCN(C)C)C(=O)C(C)N1C(=O)c2ccccc2C1=O. The van der Waals surface area contributed by atoms with Gasteiger partial charge in [-0.3, -0.25) is 24.1 Å². The maximum Gasteiger partial charge on any atom is 0.307 e. The Morgan fingerprint density at radius 2 is 1.61 bits per heavy atom. The number of carbonyl (C=O) groups excluding carboxylic acids is 4. The number of rotatable bonds is 9. The van der Waals surface area contributed by atoms with Gasteiger partial charge in [-0.1, -0.05) is 12.1 Å². The van der Waals surface area contributed by atoms with Crippen LogP contribution in [0.5, 0.6) is 0 Å². The molecule has 8 heteroatoms. The third kappa shape index (κ3) is 4.75. The number of nitrogens with zero attached hydrogens (tertiary/aromatic N) is 3. The number of ether oxygens (including phenoxy) is 1. The van der Waals surface area contributed by atoms with Gasteiger partial charge in [0.15, 0.2) is 0 Å². The normalized spacial score (nSPS) is 14.2. The average molecular weight is 389 g/mol. The van der Waals surface area contributed by atoms with Crippen LogP contribution in [-0.4, -0.2) is 84.8 Å². The molecule has 0 N–H and O–H groups in total. The maximum absolute atomic E-state index is 13.1. The van der Waals surface area contributed by atoms with Crippen molar-refractivity contribution >= 4 is 23.7 Å². The molecule has 3 amide bonds. The lowest BCUT2D eigenvalue weighted by atomic mass is 10.1. The molecule has 28 heavy (non-hydrogen) atoms. The molecular weight excluding hydrogens is 362 g/mol. The molecule has 1 atom stereocenters. The summed E-state index contributed by atoms with van der Waals surface area (Å²) in [6, 6.07) is 5.57. The number of fused-ring (bicyclic) bond motifs is 1. The molecule has 0 radical (unpaired) electrons. The number of imide groups is 1. The minimum absolute atomic E-state index is 0.0574. The zero-order valence-electron chi connectivity index (χ0n) is 16.8. The monoisotopic (exact) mass is 389 g/mol.